The summed E-state index contributed by atoms with van der Waals surface area (Å²) in [7, 11) is 1.34. The molecule has 1 amide bonds. The first-order valence-corrected chi connectivity index (χ1v) is 9.02. The molecule has 2 aromatic carbocycles. The molecule has 0 spiro atoms. The maximum Gasteiger partial charge on any atom is 0.259 e. The van der Waals surface area contributed by atoms with E-state index in [0.29, 0.717) is 12.2 Å². The monoisotopic (exact) mass is 363 g/mol. The van der Waals surface area contributed by atoms with Crippen molar-refractivity contribution >= 4 is 21.6 Å². The number of primary sulfonamides is 1. The second-order valence-corrected chi connectivity index (χ2v) is 7.32. The molecule has 0 atom stereocenters. The van der Waals surface area contributed by atoms with Gasteiger partial charge in [0.1, 0.15) is 5.75 Å². The number of benzene rings is 2. The number of sulfonamides is 1. The molecular weight excluding hydrogens is 342 g/mol. The summed E-state index contributed by atoms with van der Waals surface area (Å²) in [5.74, 6) is -0.219. The second-order valence-electron chi connectivity index (χ2n) is 5.76. The zero-order valence-corrected chi connectivity index (χ0v) is 15.1. The molecule has 2 aromatic rings. The summed E-state index contributed by atoms with van der Waals surface area (Å²) in [6.07, 6.45) is 0. The Hall–Kier alpha value is -2.42. The molecule has 7 nitrogen and oxygen atoms in total. The van der Waals surface area contributed by atoms with Crippen molar-refractivity contribution in [2.24, 2.45) is 5.14 Å². The summed E-state index contributed by atoms with van der Waals surface area (Å²) in [5, 5.41) is 7.95. The van der Waals surface area contributed by atoms with Crippen molar-refractivity contribution in [3.05, 3.63) is 53.6 Å². The van der Waals surface area contributed by atoms with E-state index in [2.05, 4.69) is 5.32 Å². The Kier molecular flexibility index (Phi) is 5.78. The van der Waals surface area contributed by atoms with Crippen LogP contribution in [0.1, 0.15) is 15.9 Å². The molecule has 0 unspecified atom stereocenters. The lowest BCUT2D eigenvalue weighted by molar-refractivity contribution is 0.102. The fourth-order valence-electron chi connectivity index (χ4n) is 2.35. The van der Waals surface area contributed by atoms with Crippen molar-refractivity contribution in [3.8, 4) is 5.75 Å². The average Bonchev–Trinajstić information content (AvgIpc) is 2.54. The summed E-state index contributed by atoms with van der Waals surface area (Å²) in [6, 6.07) is 11.3. The molecule has 0 bridgehead atoms. The number of carbonyl (C=O) groups excluding carboxylic acids is 1. The summed E-state index contributed by atoms with van der Waals surface area (Å²) < 4.78 is 28.2. The van der Waals surface area contributed by atoms with Crippen molar-refractivity contribution < 1.29 is 17.9 Å². The zero-order chi connectivity index (χ0) is 18.6. The number of hydrogen-bond acceptors (Lipinski definition) is 5. The van der Waals surface area contributed by atoms with Gasteiger partial charge in [0.15, 0.2) is 0 Å². The third-order valence-electron chi connectivity index (χ3n) is 3.50. The first-order valence-electron chi connectivity index (χ1n) is 7.47. The predicted molar refractivity (Wildman–Crippen MR) is 96.2 cm³/mol. The summed E-state index contributed by atoms with van der Waals surface area (Å²) in [4.78, 5) is 14.5. The van der Waals surface area contributed by atoms with Crippen LogP contribution in [0.3, 0.4) is 0 Å². The zero-order valence-electron chi connectivity index (χ0n) is 14.3. The largest absolute Gasteiger partial charge is 0.496 e. The van der Waals surface area contributed by atoms with Gasteiger partial charge in [-0.1, -0.05) is 18.2 Å². The molecule has 134 valence electrons. The molecule has 0 saturated carbocycles. The number of para-hydroxylation sites is 1. The molecule has 0 aliphatic rings. The number of nitrogens with zero attached hydrogens (tertiary/aromatic N) is 1. The minimum Gasteiger partial charge on any atom is -0.496 e. The van der Waals surface area contributed by atoms with E-state index in [4.69, 9.17) is 9.88 Å². The number of amides is 1. The van der Waals surface area contributed by atoms with E-state index >= 15 is 0 Å². The fraction of sp³-hybridized carbons (Fsp3) is 0.235. The van der Waals surface area contributed by atoms with Gasteiger partial charge in [0.05, 0.1) is 17.6 Å². The van der Waals surface area contributed by atoms with Crippen LogP contribution < -0.4 is 15.2 Å². The highest BCUT2D eigenvalue weighted by atomic mass is 32.2. The molecule has 0 aromatic heterocycles. The molecule has 0 saturated heterocycles. The molecule has 25 heavy (non-hydrogen) atoms. The van der Waals surface area contributed by atoms with Crippen LogP contribution in [0.2, 0.25) is 0 Å². The highest BCUT2D eigenvalue weighted by Crippen LogP contribution is 2.24. The maximum absolute atomic E-state index is 12.7. The second kappa shape index (κ2) is 7.64. The van der Waals surface area contributed by atoms with Crippen LogP contribution >= 0.6 is 0 Å². The molecule has 2 rings (SSSR count). The molecular formula is C17H21N3O4S. The van der Waals surface area contributed by atoms with Crippen molar-refractivity contribution in [2.45, 2.75) is 11.4 Å². The average molecular weight is 363 g/mol. The Bertz CT molecular complexity index is 879. The van der Waals surface area contributed by atoms with Crippen molar-refractivity contribution in [3.63, 3.8) is 0 Å². The van der Waals surface area contributed by atoms with Gasteiger partial charge in [-0.05, 0) is 43.9 Å². The molecule has 0 radical (unpaired) electrons. The van der Waals surface area contributed by atoms with E-state index < -0.39 is 15.9 Å². The normalized spacial score (nSPS) is 11.4. The Balaban J connectivity index is 2.39. The maximum atomic E-state index is 12.7. The van der Waals surface area contributed by atoms with Crippen LogP contribution in [0.5, 0.6) is 5.75 Å². The molecule has 0 fully saturated rings. The van der Waals surface area contributed by atoms with Gasteiger partial charge in [0.2, 0.25) is 10.0 Å². The topological polar surface area (TPSA) is 102 Å². The minimum atomic E-state index is -3.92. The van der Waals surface area contributed by atoms with Gasteiger partial charge >= 0.3 is 0 Å². The Morgan fingerprint density at radius 3 is 2.48 bits per heavy atom. The third-order valence-corrected chi connectivity index (χ3v) is 4.41. The molecule has 0 aliphatic heterocycles. The predicted octanol–water partition coefficient (Wildman–Crippen LogP) is 1.66. The van der Waals surface area contributed by atoms with E-state index in [-0.39, 0.29) is 16.2 Å². The van der Waals surface area contributed by atoms with Crippen LogP contribution in [0, 0.1) is 0 Å². The van der Waals surface area contributed by atoms with Gasteiger partial charge < -0.3 is 15.0 Å². The van der Waals surface area contributed by atoms with Crippen LogP contribution in [0.15, 0.2) is 47.4 Å². The smallest absolute Gasteiger partial charge is 0.259 e. The van der Waals surface area contributed by atoms with E-state index in [0.717, 1.165) is 5.56 Å². The first-order chi connectivity index (χ1) is 11.7. The SMILES string of the molecule is COc1ccc(S(N)(=O)=O)cc1C(=O)Nc1ccccc1CN(C)C. The van der Waals surface area contributed by atoms with Crippen LogP contribution in [-0.4, -0.2) is 40.4 Å². The van der Waals surface area contributed by atoms with Crippen LogP contribution in [0.25, 0.3) is 0 Å². The minimum absolute atomic E-state index is 0.0914. The Morgan fingerprint density at radius 2 is 1.88 bits per heavy atom. The fourth-order valence-corrected chi connectivity index (χ4v) is 2.89. The van der Waals surface area contributed by atoms with E-state index in [1.54, 1.807) is 6.07 Å². The van der Waals surface area contributed by atoms with Crippen molar-refractivity contribution in [1.29, 1.82) is 0 Å². The van der Waals surface area contributed by atoms with E-state index in [1.165, 1.54) is 25.3 Å². The van der Waals surface area contributed by atoms with E-state index in [9.17, 15) is 13.2 Å². The molecule has 0 aliphatic carbocycles. The highest BCUT2D eigenvalue weighted by Gasteiger charge is 2.18. The van der Waals surface area contributed by atoms with Gasteiger partial charge in [-0.25, -0.2) is 13.6 Å². The van der Waals surface area contributed by atoms with Gasteiger partial charge in [-0.2, -0.15) is 0 Å². The summed E-state index contributed by atoms with van der Waals surface area (Å²) in [6.45, 7) is 0.644. The van der Waals surface area contributed by atoms with Crippen molar-refractivity contribution in [1.82, 2.24) is 4.90 Å². The number of nitrogens with two attached hydrogens (primary N) is 1. The standard InChI is InChI=1S/C17H21N3O4S/c1-20(2)11-12-6-4-5-7-15(12)19-17(21)14-10-13(25(18,22)23)8-9-16(14)24-3/h4-10H,11H2,1-3H3,(H,19,21)(H2,18,22,23). The first kappa shape index (κ1) is 18.9. The lowest BCUT2D eigenvalue weighted by atomic mass is 10.1. The van der Waals surface area contributed by atoms with Gasteiger partial charge in [-0.15, -0.1) is 0 Å². The molecule has 0 heterocycles. The summed E-state index contributed by atoms with van der Waals surface area (Å²) >= 11 is 0. The molecule has 3 N–H and O–H groups in total. The highest BCUT2D eigenvalue weighted by molar-refractivity contribution is 7.89. The van der Waals surface area contributed by atoms with Crippen LogP contribution in [0.4, 0.5) is 5.69 Å². The number of anilines is 1. The lowest BCUT2D eigenvalue weighted by Gasteiger charge is -2.16. The van der Waals surface area contributed by atoms with Gasteiger partial charge in [0.25, 0.3) is 5.91 Å². The number of methoxy groups -OCH3 is 1. The summed E-state index contributed by atoms with van der Waals surface area (Å²) in [5.41, 5.74) is 1.67. The number of hydrogen-bond donors (Lipinski definition) is 2. The lowest BCUT2D eigenvalue weighted by Crippen LogP contribution is -2.18. The number of rotatable bonds is 6. The number of nitrogens with one attached hydrogen (secondary N) is 1. The Labute approximate surface area is 147 Å². The van der Waals surface area contributed by atoms with Crippen LogP contribution in [-0.2, 0) is 16.6 Å². The number of ether oxygens (including phenoxy) is 1. The van der Waals surface area contributed by atoms with Crippen molar-refractivity contribution in [2.75, 3.05) is 26.5 Å². The van der Waals surface area contributed by atoms with Gasteiger partial charge in [-0.3, -0.25) is 4.79 Å². The van der Waals surface area contributed by atoms with Gasteiger partial charge in [0, 0.05) is 12.2 Å². The number of carbonyl (C=O) groups is 1. The third kappa shape index (κ3) is 4.79. The van der Waals surface area contributed by atoms with E-state index in [1.807, 2.05) is 37.2 Å². The molecule has 8 heteroatoms. The Morgan fingerprint density at radius 1 is 1.20 bits per heavy atom. The quantitative estimate of drug-likeness (QED) is 0.813.